The number of aldehydes is 1. The van der Waals surface area contributed by atoms with Crippen molar-refractivity contribution in [3.05, 3.63) is 54.0 Å². The third-order valence-electron chi connectivity index (χ3n) is 5.93. The van der Waals surface area contributed by atoms with E-state index in [9.17, 15) is 4.79 Å². The second-order valence-corrected chi connectivity index (χ2v) is 8.16. The maximum absolute atomic E-state index is 11.1. The number of rotatable bonds is 9. The lowest BCUT2D eigenvalue weighted by Crippen LogP contribution is -2.46. The van der Waals surface area contributed by atoms with E-state index in [1.165, 1.54) is 37.8 Å². The number of nitrogens with zero attached hydrogens (tertiary/aromatic N) is 5. The van der Waals surface area contributed by atoms with Crippen molar-refractivity contribution in [2.75, 3.05) is 32.7 Å². The van der Waals surface area contributed by atoms with E-state index in [-0.39, 0.29) is 0 Å². The van der Waals surface area contributed by atoms with Crippen LogP contribution in [0.15, 0.2) is 42.7 Å². The maximum atomic E-state index is 11.1. The summed E-state index contributed by atoms with van der Waals surface area (Å²) in [7, 11) is 0. The molecule has 1 aliphatic heterocycles. The van der Waals surface area contributed by atoms with E-state index in [2.05, 4.69) is 51.0 Å². The summed E-state index contributed by atoms with van der Waals surface area (Å²) in [6.45, 7) is 9.03. The van der Waals surface area contributed by atoms with Crippen LogP contribution in [0.5, 0.6) is 0 Å². The van der Waals surface area contributed by atoms with Gasteiger partial charge >= 0.3 is 0 Å². The Labute approximate surface area is 178 Å². The van der Waals surface area contributed by atoms with E-state index in [0.29, 0.717) is 11.3 Å². The van der Waals surface area contributed by atoms with E-state index < -0.39 is 0 Å². The average Bonchev–Trinajstić information content (AvgIpc) is 3.21. The third-order valence-corrected chi connectivity index (χ3v) is 5.93. The van der Waals surface area contributed by atoms with Crippen LogP contribution >= 0.6 is 0 Å². The first kappa shape index (κ1) is 20.7. The predicted molar refractivity (Wildman–Crippen MR) is 120 cm³/mol. The fourth-order valence-corrected chi connectivity index (χ4v) is 4.16. The Morgan fingerprint density at radius 2 is 1.83 bits per heavy atom. The zero-order valence-corrected chi connectivity index (χ0v) is 17.8. The summed E-state index contributed by atoms with van der Waals surface area (Å²) >= 11 is 0. The molecule has 1 fully saturated rings. The Hall–Kier alpha value is -2.57. The highest BCUT2D eigenvalue weighted by Crippen LogP contribution is 2.19. The van der Waals surface area contributed by atoms with Crippen molar-refractivity contribution < 1.29 is 4.79 Å². The molecule has 6 heteroatoms. The van der Waals surface area contributed by atoms with Gasteiger partial charge in [0.1, 0.15) is 17.5 Å². The minimum atomic E-state index is 0.424. The van der Waals surface area contributed by atoms with Crippen LogP contribution < -0.4 is 0 Å². The number of pyridine rings is 1. The van der Waals surface area contributed by atoms with Gasteiger partial charge in [0.2, 0.25) is 0 Å². The number of unbranched alkanes of at least 4 members (excludes halogenated alkanes) is 3. The lowest BCUT2D eigenvalue weighted by atomic mass is 10.1. The summed E-state index contributed by atoms with van der Waals surface area (Å²) in [5.41, 5.74) is 4.25. The molecule has 2 aromatic heterocycles. The van der Waals surface area contributed by atoms with Gasteiger partial charge in [-0.3, -0.25) is 14.3 Å². The SMILES string of the molecule is CCCCCCN1CCN(Cc2cccc(-n3cnc4ccc(C=O)nc43)c2)CC1. The van der Waals surface area contributed by atoms with Crippen LogP contribution in [-0.2, 0) is 6.54 Å². The van der Waals surface area contributed by atoms with E-state index in [1.807, 2.05) is 10.6 Å². The number of fused-ring (bicyclic) bond motifs is 1. The molecule has 0 unspecified atom stereocenters. The number of carbonyl (C=O) groups is 1. The summed E-state index contributed by atoms with van der Waals surface area (Å²) in [6, 6.07) is 12.1. The van der Waals surface area contributed by atoms with Crippen molar-refractivity contribution in [2.45, 2.75) is 39.2 Å². The van der Waals surface area contributed by atoms with Crippen LogP contribution in [-0.4, -0.2) is 63.3 Å². The molecule has 0 amide bonds. The smallest absolute Gasteiger partial charge is 0.168 e. The van der Waals surface area contributed by atoms with Gasteiger partial charge in [0.15, 0.2) is 11.9 Å². The summed E-state index contributed by atoms with van der Waals surface area (Å²) in [4.78, 5) is 25.1. The Morgan fingerprint density at radius 1 is 1.00 bits per heavy atom. The second kappa shape index (κ2) is 9.96. The Kier molecular flexibility index (Phi) is 6.87. The average molecular weight is 406 g/mol. The molecule has 0 spiro atoms. The van der Waals surface area contributed by atoms with Crippen LogP contribution in [0.4, 0.5) is 0 Å². The molecule has 0 radical (unpaired) electrons. The fraction of sp³-hybridized carbons (Fsp3) is 0.458. The van der Waals surface area contributed by atoms with Gasteiger partial charge in [0.05, 0.1) is 0 Å². The molecule has 3 aromatic rings. The lowest BCUT2D eigenvalue weighted by Gasteiger charge is -2.34. The van der Waals surface area contributed by atoms with Crippen molar-refractivity contribution >= 4 is 17.5 Å². The second-order valence-electron chi connectivity index (χ2n) is 8.16. The third kappa shape index (κ3) is 4.94. The van der Waals surface area contributed by atoms with Crippen molar-refractivity contribution in [3.8, 4) is 5.69 Å². The molecule has 0 atom stereocenters. The normalized spacial score (nSPS) is 15.6. The predicted octanol–water partition coefficient (Wildman–Crippen LogP) is 3.93. The summed E-state index contributed by atoms with van der Waals surface area (Å²) < 4.78 is 1.96. The van der Waals surface area contributed by atoms with Gasteiger partial charge in [-0.05, 0) is 42.8 Å². The maximum Gasteiger partial charge on any atom is 0.168 e. The molecule has 0 aliphatic carbocycles. The first-order chi connectivity index (χ1) is 14.8. The van der Waals surface area contributed by atoms with Crippen molar-refractivity contribution in [3.63, 3.8) is 0 Å². The number of benzene rings is 1. The zero-order valence-electron chi connectivity index (χ0n) is 17.8. The summed E-state index contributed by atoms with van der Waals surface area (Å²) in [5.74, 6) is 0. The minimum Gasteiger partial charge on any atom is -0.301 e. The molecule has 3 heterocycles. The number of aromatic nitrogens is 3. The highest BCUT2D eigenvalue weighted by Gasteiger charge is 2.17. The van der Waals surface area contributed by atoms with Gasteiger partial charge in [-0.15, -0.1) is 0 Å². The molecule has 158 valence electrons. The first-order valence-electron chi connectivity index (χ1n) is 11.1. The van der Waals surface area contributed by atoms with Gasteiger partial charge in [0.25, 0.3) is 0 Å². The van der Waals surface area contributed by atoms with E-state index in [0.717, 1.165) is 50.2 Å². The molecule has 0 bridgehead atoms. The zero-order chi connectivity index (χ0) is 20.8. The largest absolute Gasteiger partial charge is 0.301 e. The van der Waals surface area contributed by atoms with Crippen LogP contribution in [0, 0.1) is 0 Å². The fourth-order valence-electron chi connectivity index (χ4n) is 4.16. The lowest BCUT2D eigenvalue weighted by molar-refractivity contribution is 0.111. The highest BCUT2D eigenvalue weighted by molar-refractivity contribution is 5.80. The molecule has 4 rings (SSSR count). The number of hydrogen-bond acceptors (Lipinski definition) is 5. The van der Waals surface area contributed by atoms with Crippen molar-refractivity contribution in [1.82, 2.24) is 24.3 Å². The van der Waals surface area contributed by atoms with Crippen LogP contribution in [0.1, 0.15) is 48.7 Å². The van der Waals surface area contributed by atoms with E-state index in [1.54, 1.807) is 12.4 Å². The molecule has 0 saturated carbocycles. The van der Waals surface area contributed by atoms with E-state index >= 15 is 0 Å². The number of hydrogen-bond donors (Lipinski definition) is 0. The number of imidazole rings is 1. The number of piperazine rings is 1. The molecule has 1 aromatic carbocycles. The Bertz CT molecular complexity index is 975. The topological polar surface area (TPSA) is 54.3 Å². The molecular formula is C24H31N5O. The van der Waals surface area contributed by atoms with Gasteiger partial charge in [-0.25, -0.2) is 9.97 Å². The molecule has 0 N–H and O–H groups in total. The highest BCUT2D eigenvalue weighted by atomic mass is 16.1. The van der Waals surface area contributed by atoms with E-state index in [4.69, 9.17) is 0 Å². The molecule has 30 heavy (non-hydrogen) atoms. The van der Waals surface area contributed by atoms with Crippen LogP contribution in [0.2, 0.25) is 0 Å². The summed E-state index contributed by atoms with van der Waals surface area (Å²) in [6.07, 6.45) is 7.90. The number of carbonyl (C=O) groups excluding carboxylic acids is 1. The van der Waals surface area contributed by atoms with Gasteiger partial charge < -0.3 is 4.90 Å². The standard InChI is InChI=1S/C24H31N5O/c1-2-3-4-5-11-27-12-14-28(15-13-27)17-20-7-6-8-22(16-20)29-19-25-23-10-9-21(18-30)26-24(23)29/h6-10,16,18-19H,2-5,11-15,17H2,1H3. The summed E-state index contributed by atoms with van der Waals surface area (Å²) in [5, 5.41) is 0. The molecule has 6 nitrogen and oxygen atoms in total. The van der Waals surface area contributed by atoms with Crippen LogP contribution in [0.3, 0.4) is 0 Å². The molecule has 1 aliphatic rings. The minimum absolute atomic E-state index is 0.424. The van der Waals surface area contributed by atoms with Gasteiger partial charge in [0, 0.05) is 38.4 Å². The molecule has 1 saturated heterocycles. The Balaban J connectivity index is 1.39. The quantitative estimate of drug-likeness (QED) is 0.399. The van der Waals surface area contributed by atoms with Crippen molar-refractivity contribution in [1.29, 1.82) is 0 Å². The first-order valence-corrected chi connectivity index (χ1v) is 11.1. The monoisotopic (exact) mass is 405 g/mol. The van der Waals surface area contributed by atoms with Crippen molar-refractivity contribution in [2.24, 2.45) is 0 Å². The van der Waals surface area contributed by atoms with Gasteiger partial charge in [-0.1, -0.05) is 38.3 Å². The molecular weight excluding hydrogens is 374 g/mol. The van der Waals surface area contributed by atoms with Gasteiger partial charge in [-0.2, -0.15) is 0 Å². The van der Waals surface area contributed by atoms with Crippen LogP contribution in [0.25, 0.3) is 16.9 Å². The Morgan fingerprint density at radius 3 is 2.63 bits per heavy atom.